The Hall–Kier alpha value is -1.98. The zero-order chi connectivity index (χ0) is 14.4. The van der Waals surface area contributed by atoms with Gasteiger partial charge in [-0.15, -0.1) is 0 Å². The van der Waals surface area contributed by atoms with Crippen LogP contribution in [-0.2, 0) is 12.7 Å². The monoisotopic (exact) mass is 269 g/mol. The van der Waals surface area contributed by atoms with E-state index in [1.165, 1.54) is 30.8 Å². The second-order valence-electron chi connectivity index (χ2n) is 4.86. The second kappa shape index (κ2) is 4.29. The third kappa shape index (κ3) is 2.30. The van der Waals surface area contributed by atoms with Crippen LogP contribution in [0.15, 0.2) is 18.3 Å². The van der Waals surface area contributed by atoms with E-state index in [-0.39, 0.29) is 22.5 Å². The van der Waals surface area contributed by atoms with E-state index in [0.29, 0.717) is 0 Å². The molecule has 0 saturated carbocycles. The lowest BCUT2D eigenvalue weighted by molar-refractivity contribution is 0.220. The van der Waals surface area contributed by atoms with Crippen molar-refractivity contribution in [1.82, 2.24) is 9.78 Å². The number of aromatic nitrogens is 2. The van der Waals surface area contributed by atoms with E-state index < -0.39 is 17.3 Å². The number of benzene rings is 1. The number of nitrogen functional groups attached to an aromatic ring is 1. The molecule has 0 bridgehead atoms. The van der Waals surface area contributed by atoms with Crippen molar-refractivity contribution in [2.75, 3.05) is 5.73 Å². The molecule has 0 atom stereocenters. The summed E-state index contributed by atoms with van der Waals surface area (Å²) in [7, 11) is 1.58. The zero-order valence-electron chi connectivity index (χ0n) is 10.8. The molecule has 6 heteroatoms. The molecule has 3 nitrogen and oxygen atoms in total. The summed E-state index contributed by atoms with van der Waals surface area (Å²) in [4.78, 5) is 0. The molecular formula is C13H14F3N3. The van der Waals surface area contributed by atoms with Crippen LogP contribution in [-0.4, -0.2) is 9.78 Å². The van der Waals surface area contributed by atoms with Gasteiger partial charge in [-0.3, -0.25) is 4.68 Å². The molecule has 0 spiro atoms. The van der Waals surface area contributed by atoms with Crippen molar-refractivity contribution in [2.45, 2.75) is 19.5 Å². The average molecular weight is 269 g/mol. The summed E-state index contributed by atoms with van der Waals surface area (Å²) in [5.74, 6) is -1.98. The molecule has 0 unspecified atom stereocenters. The molecule has 1 aromatic heterocycles. The first-order chi connectivity index (χ1) is 8.71. The van der Waals surface area contributed by atoms with Crippen LogP contribution in [0.4, 0.5) is 19.0 Å². The highest BCUT2D eigenvalue weighted by atomic mass is 19.2. The minimum atomic E-state index is -1.78. The highest BCUT2D eigenvalue weighted by Gasteiger charge is 2.24. The van der Waals surface area contributed by atoms with Crippen molar-refractivity contribution >= 4 is 5.82 Å². The summed E-state index contributed by atoms with van der Waals surface area (Å²) >= 11 is 0. The lowest BCUT2D eigenvalue weighted by atomic mass is 9.95. The molecule has 2 aromatic rings. The van der Waals surface area contributed by atoms with Gasteiger partial charge in [-0.2, -0.15) is 5.10 Å². The lowest BCUT2D eigenvalue weighted by Crippen LogP contribution is -2.10. The van der Waals surface area contributed by atoms with E-state index in [0.717, 1.165) is 6.07 Å². The van der Waals surface area contributed by atoms with Crippen LogP contribution >= 0.6 is 0 Å². The third-order valence-electron chi connectivity index (χ3n) is 2.99. The smallest absolute Gasteiger partial charge is 0.166 e. The zero-order valence-corrected chi connectivity index (χ0v) is 10.8. The van der Waals surface area contributed by atoms with Gasteiger partial charge < -0.3 is 5.73 Å². The first-order valence-electron chi connectivity index (χ1n) is 5.68. The fraction of sp³-hybridized carbons (Fsp3) is 0.308. The summed E-state index contributed by atoms with van der Waals surface area (Å²) < 4.78 is 42.7. The predicted molar refractivity (Wildman–Crippen MR) is 67.1 cm³/mol. The fourth-order valence-corrected chi connectivity index (χ4v) is 1.78. The Labute approximate surface area is 108 Å². The van der Waals surface area contributed by atoms with Crippen LogP contribution in [0.3, 0.4) is 0 Å². The van der Waals surface area contributed by atoms with E-state index in [9.17, 15) is 13.2 Å². The minimum Gasteiger partial charge on any atom is -0.383 e. The van der Waals surface area contributed by atoms with Gasteiger partial charge in [-0.05, 0) is 31.5 Å². The van der Waals surface area contributed by atoms with Crippen LogP contribution in [0.2, 0.25) is 0 Å². The Morgan fingerprint density at radius 2 is 1.84 bits per heavy atom. The van der Waals surface area contributed by atoms with Gasteiger partial charge in [-0.1, -0.05) is 0 Å². The highest BCUT2D eigenvalue weighted by Crippen LogP contribution is 2.34. The Kier molecular flexibility index (Phi) is 3.04. The van der Waals surface area contributed by atoms with Crippen LogP contribution in [0.25, 0.3) is 11.1 Å². The molecule has 0 saturated heterocycles. The average Bonchev–Trinajstić information content (AvgIpc) is 2.62. The molecule has 1 heterocycles. The SMILES string of the molecule is Cn1ncc(-c2cc(C(C)(C)F)cc(F)c2F)c1N. The maximum atomic E-state index is 13.9. The standard InChI is InChI=1S/C13H14F3N3/c1-13(2,16)7-4-8(11(15)10(14)5-7)9-6-18-19(3)12(9)17/h4-6H,17H2,1-3H3. The second-order valence-corrected chi connectivity index (χ2v) is 4.86. The summed E-state index contributed by atoms with van der Waals surface area (Å²) in [6.07, 6.45) is 1.32. The van der Waals surface area contributed by atoms with Gasteiger partial charge in [0.25, 0.3) is 0 Å². The molecule has 0 radical (unpaired) electrons. The Balaban J connectivity index is 2.70. The van der Waals surface area contributed by atoms with Crippen molar-refractivity contribution in [3.05, 3.63) is 35.5 Å². The number of anilines is 1. The highest BCUT2D eigenvalue weighted by molar-refractivity contribution is 5.74. The molecule has 19 heavy (non-hydrogen) atoms. The van der Waals surface area contributed by atoms with Gasteiger partial charge in [0, 0.05) is 18.2 Å². The van der Waals surface area contributed by atoms with Crippen molar-refractivity contribution < 1.29 is 13.2 Å². The molecule has 0 aliphatic carbocycles. The maximum Gasteiger partial charge on any atom is 0.166 e. The first-order valence-corrected chi connectivity index (χ1v) is 5.68. The summed E-state index contributed by atoms with van der Waals surface area (Å²) in [5.41, 5.74) is 4.15. The number of aryl methyl sites for hydroxylation is 1. The van der Waals surface area contributed by atoms with Gasteiger partial charge in [0.15, 0.2) is 11.6 Å². The van der Waals surface area contributed by atoms with E-state index in [1.807, 2.05) is 0 Å². The van der Waals surface area contributed by atoms with Crippen LogP contribution < -0.4 is 5.73 Å². The number of alkyl halides is 1. The summed E-state index contributed by atoms with van der Waals surface area (Å²) in [6, 6.07) is 2.11. The van der Waals surface area contributed by atoms with Gasteiger partial charge in [-0.25, -0.2) is 13.2 Å². The van der Waals surface area contributed by atoms with E-state index >= 15 is 0 Å². The van der Waals surface area contributed by atoms with Crippen molar-refractivity contribution in [1.29, 1.82) is 0 Å². The van der Waals surface area contributed by atoms with Crippen molar-refractivity contribution in [3.63, 3.8) is 0 Å². The fourth-order valence-electron chi connectivity index (χ4n) is 1.78. The molecule has 0 aliphatic rings. The number of hydrogen-bond acceptors (Lipinski definition) is 2. The van der Waals surface area contributed by atoms with Crippen LogP contribution in [0, 0.1) is 11.6 Å². The Morgan fingerprint density at radius 3 is 2.32 bits per heavy atom. The largest absolute Gasteiger partial charge is 0.383 e. The van der Waals surface area contributed by atoms with Crippen LogP contribution in [0.5, 0.6) is 0 Å². The number of nitrogens with zero attached hydrogens (tertiary/aromatic N) is 2. The lowest BCUT2D eigenvalue weighted by Gasteiger charge is -2.16. The molecular weight excluding hydrogens is 255 g/mol. The quantitative estimate of drug-likeness (QED) is 0.910. The third-order valence-corrected chi connectivity index (χ3v) is 2.99. The maximum absolute atomic E-state index is 13.9. The number of hydrogen-bond donors (Lipinski definition) is 1. The van der Waals surface area contributed by atoms with E-state index in [1.54, 1.807) is 7.05 Å². The Morgan fingerprint density at radius 1 is 1.21 bits per heavy atom. The van der Waals surface area contributed by atoms with E-state index in [2.05, 4.69) is 5.10 Å². The number of nitrogens with two attached hydrogens (primary N) is 1. The molecule has 0 amide bonds. The Bertz CT molecular complexity index is 627. The van der Waals surface area contributed by atoms with Gasteiger partial charge in [0.1, 0.15) is 11.5 Å². The van der Waals surface area contributed by atoms with Gasteiger partial charge in [0.05, 0.1) is 6.20 Å². The van der Waals surface area contributed by atoms with Gasteiger partial charge in [0.2, 0.25) is 0 Å². The number of halogens is 3. The molecule has 2 N–H and O–H groups in total. The molecule has 1 aromatic carbocycles. The number of rotatable bonds is 2. The van der Waals surface area contributed by atoms with Crippen molar-refractivity contribution in [2.24, 2.45) is 7.05 Å². The topological polar surface area (TPSA) is 43.8 Å². The molecule has 2 rings (SSSR count). The van der Waals surface area contributed by atoms with E-state index in [4.69, 9.17) is 5.73 Å². The van der Waals surface area contributed by atoms with Gasteiger partial charge >= 0.3 is 0 Å². The van der Waals surface area contributed by atoms with Crippen molar-refractivity contribution in [3.8, 4) is 11.1 Å². The summed E-state index contributed by atoms with van der Waals surface area (Å²) in [6.45, 7) is 2.55. The normalized spacial score (nSPS) is 11.9. The summed E-state index contributed by atoms with van der Waals surface area (Å²) in [5, 5.41) is 3.86. The molecule has 102 valence electrons. The minimum absolute atomic E-state index is 0.0460. The molecule has 0 aliphatic heterocycles. The van der Waals surface area contributed by atoms with Crippen LogP contribution in [0.1, 0.15) is 19.4 Å². The molecule has 0 fully saturated rings. The first kappa shape index (κ1) is 13.5. The predicted octanol–water partition coefficient (Wildman–Crippen LogP) is 3.15.